The molecular formula is C43H44Cl2F6Zr. The molecule has 276 valence electrons. The van der Waals surface area contributed by atoms with Crippen molar-refractivity contribution in [3.8, 4) is 11.1 Å². The molecule has 52 heavy (non-hydrogen) atoms. The number of hydrogen-bond donors (Lipinski definition) is 0. The van der Waals surface area contributed by atoms with Crippen molar-refractivity contribution in [3.63, 3.8) is 0 Å². The summed E-state index contributed by atoms with van der Waals surface area (Å²) in [5.74, 6) is 0.573. The summed E-state index contributed by atoms with van der Waals surface area (Å²) in [6.45, 7) is 17.6. The van der Waals surface area contributed by atoms with Gasteiger partial charge in [0.25, 0.3) is 0 Å². The van der Waals surface area contributed by atoms with Crippen LogP contribution in [0.4, 0.5) is 26.3 Å². The maximum atomic E-state index is 12.5. The molecule has 0 radical (unpaired) electrons. The van der Waals surface area contributed by atoms with Gasteiger partial charge in [-0.05, 0) is 37.0 Å². The minimum atomic E-state index is -4.41. The molecule has 6 rings (SSSR count). The molecule has 0 saturated heterocycles. The van der Waals surface area contributed by atoms with Crippen molar-refractivity contribution in [1.82, 2.24) is 0 Å². The SMILES string of the molecule is CCC1[C-]=CC(C(C)(C)C)=C1.Cc1[c-]c2c(cc1C)-c1cc(C)c(C)cc1C2.Cl.Cl.FC(F)(F)c1ccc([C](=[Zr+2])c2ccc(C(F)(F)F)cc2)cc1. The molecule has 1 atom stereocenters. The topological polar surface area (TPSA) is 0 Å². The average molecular weight is 837 g/mol. The van der Waals surface area contributed by atoms with Crippen molar-refractivity contribution in [1.29, 1.82) is 0 Å². The average Bonchev–Trinajstić information content (AvgIpc) is 3.66. The normalized spacial score (nSPS) is 14.4. The van der Waals surface area contributed by atoms with Crippen molar-refractivity contribution < 1.29 is 50.6 Å². The van der Waals surface area contributed by atoms with Gasteiger partial charge in [0.1, 0.15) is 0 Å². The zero-order chi connectivity index (χ0) is 37.2. The van der Waals surface area contributed by atoms with Crippen molar-refractivity contribution in [3.05, 3.63) is 152 Å². The van der Waals surface area contributed by atoms with E-state index in [0.717, 1.165) is 54.9 Å². The Morgan fingerprint density at radius 1 is 0.712 bits per heavy atom. The van der Waals surface area contributed by atoms with Gasteiger partial charge in [0.2, 0.25) is 0 Å². The zero-order valence-corrected chi connectivity index (χ0v) is 34.7. The van der Waals surface area contributed by atoms with Crippen LogP contribution in [0, 0.1) is 51.2 Å². The fourth-order valence-corrected chi connectivity index (χ4v) is 6.50. The van der Waals surface area contributed by atoms with Crippen LogP contribution in [0.2, 0.25) is 0 Å². The molecule has 0 heterocycles. The number of rotatable bonds is 3. The number of benzene rings is 4. The molecule has 0 fully saturated rings. The van der Waals surface area contributed by atoms with Gasteiger partial charge in [-0.15, -0.1) is 35.9 Å². The second-order valence-corrected chi connectivity index (χ2v) is 15.2. The monoisotopic (exact) mass is 834 g/mol. The van der Waals surface area contributed by atoms with Gasteiger partial charge < -0.3 is 0 Å². The number of aryl methyl sites for hydroxylation is 4. The Bertz CT molecular complexity index is 1800. The van der Waals surface area contributed by atoms with Gasteiger partial charge in [-0.1, -0.05) is 77.0 Å². The summed E-state index contributed by atoms with van der Waals surface area (Å²) in [4.78, 5) is 0. The van der Waals surface area contributed by atoms with Gasteiger partial charge in [0.15, 0.2) is 0 Å². The van der Waals surface area contributed by atoms with Crippen molar-refractivity contribution in [2.45, 2.75) is 80.6 Å². The van der Waals surface area contributed by atoms with Gasteiger partial charge in [-0.2, -0.15) is 34.9 Å². The summed E-state index contributed by atoms with van der Waals surface area (Å²) < 4.78 is 75.6. The van der Waals surface area contributed by atoms with Gasteiger partial charge in [0, 0.05) is 0 Å². The van der Waals surface area contributed by atoms with E-state index in [1.54, 1.807) is 0 Å². The van der Waals surface area contributed by atoms with E-state index in [1.165, 1.54) is 80.8 Å². The third kappa shape index (κ3) is 11.4. The summed E-state index contributed by atoms with van der Waals surface area (Å²) in [6, 6.07) is 19.7. The Morgan fingerprint density at radius 2 is 1.17 bits per heavy atom. The van der Waals surface area contributed by atoms with Crippen molar-refractivity contribution in [2.24, 2.45) is 11.3 Å². The molecule has 0 bridgehead atoms. The quantitative estimate of drug-likeness (QED) is 0.125. The number of alkyl halides is 6. The van der Waals surface area contributed by atoms with Crippen LogP contribution >= 0.6 is 24.8 Å². The molecule has 4 aromatic carbocycles. The van der Waals surface area contributed by atoms with Crippen molar-refractivity contribution in [2.75, 3.05) is 0 Å². The molecule has 0 amide bonds. The van der Waals surface area contributed by atoms with E-state index in [-0.39, 0.29) is 24.8 Å². The van der Waals surface area contributed by atoms with Gasteiger partial charge >= 0.3 is 137 Å². The third-order valence-corrected chi connectivity index (χ3v) is 10.6. The molecule has 2 aliphatic rings. The molecule has 9 heteroatoms. The first kappa shape index (κ1) is 45.4. The Labute approximate surface area is 332 Å². The first-order valence-electron chi connectivity index (χ1n) is 16.6. The molecule has 0 aliphatic heterocycles. The first-order valence-corrected chi connectivity index (χ1v) is 17.8. The van der Waals surface area contributed by atoms with E-state index in [1.807, 2.05) is 0 Å². The maximum absolute atomic E-state index is 12.5. The summed E-state index contributed by atoms with van der Waals surface area (Å²) in [7, 11) is 0. The summed E-state index contributed by atoms with van der Waals surface area (Å²) in [5, 5.41) is 0. The van der Waals surface area contributed by atoms with E-state index >= 15 is 0 Å². The van der Waals surface area contributed by atoms with Crippen LogP contribution in [-0.2, 0) is 43.0 Å². The predicted octanol–water partition coefficient (Wildman–Crippen LogP) is 13.3. The second kappa shape index (κ2) is 18.1. The summed E-state index contributed by atoms with van der Waals surface area (Å²) in [5.41, 5.74) is 12.4. The minimum absolute atomic E-state index is 0. The standard InChI is InChI=1S/C17H17.C15H8F6.C11H17.2ClH.Zr/c1-10-5-14-9-15-6-11(2)13(4)8-17(15)16(14)7-12(10)3;16-14(17,18)12-5-1-10(2-6-12)9-11-3-7-13(8-4-11)15(19,20)21;1-5-9-6-7-10(8-9)11(2,3)4;;;/h5,7-8H,9H2,1-4H3;1-8H;7-9H,5H2,1-4H3;2*1H;/q-1;;-1;;;+2. The van der Waals surface area contributed by atoms with Crippen LogP contribution in [0.15, 0.2) is 84.5 Å². The first-order chi connectivity index (χ1) is 23.2. The predicted molar refractivity (Wildman–Crippen MR) is 202 cm³/mol. The van der Waals surface area contributed by atoms with E-state index in [4.69, 9.17) is 0 Å². The number of allylic oxidation sites excluding steroid dienone is 4. The van der Waals surface area contributed by atoms with Crippen LogP contribution in [0.25, 0.3) is 11.1 Å². The zero-order valence-electron chi connectivity index (χ0n) is 30.6. The molecule has 4 aromatic rings. The molecule has 1 unspecified atom stereocenters. The Balaban J connectivity index is 0.000000279. The van der Waals surface area contributed by atoms with Crippen LogP contribution < -0.4 is 0 Å². The molecule has 0 spiro atoms. The van der Waals surface area contributed by atoms with Crippen LogP contribution in [0.1, 0.15) is 89.8 Å². The van der Waals surface area contributed by atoms with E-state index in [0.29, 0.717) is 25.7 Å². The molecular weight excluding hydrogens is 793 g/mol. The van der Waals surface area contributed by atoms with Crippen LogP contribution in [0.5, 0.6) is 0 Å². The molecule has 0 saturated carbocycles. The Hall–Kier alpha value is -2.73. The van der Waals surface area contributed by atoms with E-state index in [2.05, 4.69) is 97.9 Å². The Kier molecular flexibility index (Phi) is 15.8. The number of fused-ring (bicyclic) bond motifs is 3. The Morgan fingerprint density at radius 3 is 1.58 bits per heavy atom. The van der Waals surface area contributed by atoms with E-state index < -0.39 is 23.5 Å². The van der Waals surface area contributed by atoms with Gasteiger partial charge in [-0.25, -0.2) is 6.08 Å². The van der Waals surface area contributed by atoms with Gasteiger partial charge in [-0.3, -0.25) is 6.08 Å². The molecule has 0 aromatic heterocycles. The molecule has 2 aliphatic carbocycles. The fourth-order valence-electron chi connectivity index (χ4n) is 5.68. The molecule has 0 nitrogen and oxygen atoms in total. The number of hydrogen-bond acceptors (Lipinski definition) is 0. The van der Waals surface area contributed by atoms with E-state index in [9.17, 15) is 26.3 Å². The van der Waals surface area contributed by atoms with Crippen molar-refractivity contribution >= 4 is 28.0 Å². The fraction of sp³-hybridized carbons (Fsp3) is 0.326. The number of halogens is 8. The summed E-state index contributed by atoms with van der Waals surface area (Å²) in [6.07, 6.45) is 1.23. The molecule has 0 N–H and O–H groups in total. The summed E-state index contributed by atoms with van der Waals surface area (Å²) >= 11 is 0.898. The second-order valence-electron chi connectivity index (χ2n) is 14.0. The van der Waals surface area contributed by atoms with Crippen LogP contribution in [0.3, 0.4) is 0 Å². The third-order valence-electron chi connectivity index (χ3n) is 9.13. The van der Waals surface area contributed by atoms with Crippen LogP contribution in [-0.4, -0.2) is 3.21 Å². The van der Waals surface area contributed by atoms with Gasteiger partial charge in [0.05, 0.1) is 0 Å².